The molecule has 0 spiro atoms. The number of rotatable bonds is 4. The van der Waals surface area contributed by atoms with Gasteiger partial charge in [0, 0.05) is 6.42 Å². The summed E-state index contributed by atoms with van der Waals surface area (Å²) in [5.74, 6) is -1.16. The molecule has 0 N–H and O–H groups in total. The first-order chi connectivity index (χ1) is 11.7. The lowest BCUT2D eigenvalue weighted by Gasteiger charge is -2.32. The minimum absolute atomic E-state index is 0.0477. The lowest BCUT2D eigenvalue weighted by atomic mass is 9.79. The van der Waals surface area contributed by atoms with Crippen LogP contribution in [0.15, 0.2) is 0 Å². The van der Waals surface area contributed by atoms with Crippen molar-refractivity contribution in [2.75, 3.05) is 6.61 Å². The molecule has 3 rings (SSSR count). The summed E-state index contributed by atoms with van der Waals surface area (Å²) in [5, 5.41) is 0. The van der Waals surface area contributed by atoms with Gasteiger partial charge in [-0.2, -0.15) is 0 Å². The normalized spacial score (nSPS) is 32.1. The molecule has 5 heteroatoms. The van der Waals surface area contributed by atoms with Crippen LogP contribution in [0.5, 0.6) is 0 Å². The van der Waals surface area contributed by atoms with Gasteiger partial charge in [-0.3, -0.25) is 9.59 Å². The molecule has 3 atom stereocenters. The maximum absolute atomic E-state index is 12.6. The minimum Gasteiger partial charge on any atom is -0.462 e. The van der Waals surface area contributed by atoms with Crippen molar-refractivity contribution >= 4 is 11.9 Å². The monoisotopic (exact) mass is 338 g/mol. The second-order valence-corrected chi connectivity index (χ2v) is 7.43. The summed E-state index contributed by atoms with van der Waals surface area (Å²) in [6.07, 6.45) is 11.2. The van der Waals surface area contributed by atoms with Gasteiger partial charge >= 0.3 is 11.9 Å². The SMILES string of the molecule is O=C(OC1CCCCC1)C1CCCCC1C(=O)OC1CCCCO1. The van der Waals surface area contributed by atoms with Crippen LogP contribution in [0.2, 0.25) is 0 Å². The van der Waals surface area contributed by atoms with Gasteiger partial charge in [0.05, 0.1) is 18.4 Å². The fourth-order valence-corrected chi connectivity index (χ4v) is 4.15. The van der Waals surface area contributed by atoms with Crippen LogP contribution in [-0.4, -0.2) is 30.9 Å². The van der Waals surface area contributed by atoms with Gasteiger partial charge < -0.3 is 14.2 Å². The predicted octanol–water partition coefficient (Wildman–Crippen LogP) is 3.74. The maximum Gasteiger partial charge on any atom is 0.312 e. The van der Waals surface area contributed by atoms with E-state index < -0.39 is 6.29 Å². The third-order valence-corrected chi connectivity index (χ3v) is 5.59. The first-order valence-corrected chi connectivity index (χ1v) is 9.76. The van der Waals surface area contributed by atoms with E-state index in [1.807, 2.05) is 0 Å². The molecule has 0 bridgehead atoms. The fourth-order valence-electron chi connectivity index (χ4n) is 4.15. The number of ether oxygens (including phenoxy) is 3. The molecule has 0 aromatic rings. The van der Waals surface area contributed by atoms with Crippen molar-refractivity contribution in [1.82, 2.24) is 0 Å². The second-order valence-electron chi connectivity index (χ2n) is 7.43. The van der Waals surface area contributed by atoms with Gasteiger partial charge in [0.25, 0.3) is 0 Å². The summed E-state index contributed by atoms with van der Waals surface area (Å²) < 4.78 is 16.8. The molecule has 0 aromatic carbocycles. The van der Waals surface area contributed by atoms with Gasteiger partial charge in [0.1, 0.15) is 6.10 Å². The molecule has 136 valence electrons. The highest BCUT2D eigenvalue weighted by atomic mass is 16.7. The van der Waals surface area contributed by atoms with Crippen molar-refractivity contribution in [3.8, 4) is 0 Å². The molecular weight excluding hydrogens is 308 g/mol. The molecule has 3 aliphatic rings. The molecule has 0 amide bonds. The van der Waals surface area contributed by atoms with Gasteiger partial charge in [-0.15, -0.1) is 0 Å². The number of hydrogen-bond donors (Lipinski definition) is 0. The van der Waals surface area contributed by atoms with E-state index in [1.54, 1.807) is 0 Å². The lowest BCUT2D eigenvalue weighted by molar-refractivity contribution is -0.196. The molecule has 2 saturated carbocycles. The summed E-state index contributed by atoms with van der Waals surface area (Å²) in [5.41, 5.74) is 0. The molecule has 0 radical (unpaired) electrons. The van der Waals surface area contributed by atoms with Crippen LogP contribution in [0.1, 0.15) is 77.0 Å². The van der Waals surface area contributed by atoms with E-state index >= 15 is 0 Å². The van der Waals surface area contributed by atoms with Crippen LogP contribution in [0.3, 0.4) is 0 Å². The number of carbonyl (C=O) groups excluding carboxylic acids is 2. The summed E-state index contributed by atoms with van der Waals surface area (Å²) in [7, 11) is 0. The average molecular weight is 338 g/mol. The Hall–Kier alpha value is -1.10. The fraction of sp³-hybridized carbons (Fsp3) is 0.895. The first kappa shape index (κ1) is 17.7. The number of carbonyl (C=O) groups is 2. The topological polar surface area (TPSA) is 61.8 Å². The van der Waals surface area contributed by atoms with Crippen molar-refractivity contribution in [3.63, 3.8) is 0 Å². The molecule has 2 aliphatic carbocycles. The Labute approximate surface area is 144 Å². The van der Waals surface area contributed by atoms with E-state index in [2.05, 4.69) is 0 Å². The van der Waals surface area contributed by atoms with Crippen LogP contribution in [-0.2, 0) is 23.8 Å². The summed E-state index contributed by atoms with van der Waals surface area (Å²) >= 11 is 0. The van der Waals surface area contributed by atoms with Gasteiger partial charge in [-0.25, -0.2) is 0 Å². The average Bonchev–Trinajstić information content (AvgIpc) is 2.63. The Morgan fingerprint density at radius 1 is 0.667 bits per heavy atom. The highest BCUT2D eigenvalue weighted by Gasteiger charge is 2.39. The van der Waals surface area contributed by atoms with Crippen molar-refractivity contribution in [2.24, 2.45) is 11.8 Å². The van der Waals surface area contributed by atoms with E-state index in [1.165, 1.54) is 6.42 Å². The predicted molar refractivity (Wildman–Crippen MR) is 88.1 cm³/mol. The number of hydrogen-bond acceptors (Lipinski definition) is 5. The standard InChI is InChI=1S/C19H30O5/c20-18(23-14-8-2-1-3-9-14)15-10-4-5-11-16(15)19(21)24-17-12-6-7-13-22-17/h14-17H,1-13H2. The van der Waals surface area contributed by atoms with Crippen molar-refractivity contribution in [1.29, 1.82) is 0 Å². The molecule has 0 aromatic heterocycles. The zero-order valence-corrected chi connectivity index (χ0v) is 14.5. The minimum atomic E-state index is -0.428. The van der Waals surface area contributed by atoms with Crippen LogP contribution in [0.25, 0.3) is 0 Å². The van der Waals surface area contributed by atoms with E-state index in [-0.39, 0.29) is 29.9 Å². The third-order valence-electron chi connectivity index (χ3n) is 5.59. The van der Waals surface area contributed by atoms with Crippen molar-refractivity contribution in [2.45, 2.75) is 89.4 Å². The Kier molecular flexibility index (Phi) is 6.52. The Morgan fingerprint density at radius 3 is 1.88 bits per heavy atom. The van der Waals surface area contributed by atoms with Crippen molar-refractivity contribution in [3.05, 3.63) is 0 Å². The molecule has 5 nitrogen and oxygen atoms in total. The highest BCUT2D eigenvalue weighted by molar-refractivity contribution is 5.82. The van der Waals surface area contributed by atoms with Gasteiger partial charge in [0.2, 0.25) is 6.29 Å². The Morgan fingerprint density at radius 2 is 1.25 bits per heavy atom. The Bertz CT molecular complexity index is 383. The largest absolute Gasteiger partial charge is 0.462 e. The molecule has 1 saturated heterocycles. The summed E-state index contributed by atoms with van der Waals surface area (Å²) in [6, 6.07) is 0. The Balaban J connectivity index is 1.55. The van der Waals surface area contributed by atoms with E-state index in [0.717, 1.165) is 70.6 Å². The van der Waals surface area contributed by atoms with Crippen LogP contribution in [0.4, 0.5) is 0 Å². The van der Waals surface area contributed by atoms with E-state index in [4.69, 9.17) is 14.2 Å². The molecule has 1 aliphatic heterocycles. The molecule has 1 heterocycles. The van der Waals surface area contributed by atoms with E-state index in [9.17, 15) is 9.59 Å². The van der Waals surface area contributed by atoms with Crippen LogP contribution >= 0.6 is 0 Å². The van der Waals surface area contributed by atoms with Crippen LogP contribution < -0.4 is 0 Å². The smallest absolute Gasteiger partial charge is 0.312 e. The summed E-state index contributed by atoms with van der Waals surface area (Å²) in [4.78, 5) is 25.2. The maximum atomic E-state index is 12.6. The zero-order valence-electron chi connectivity index (χ0n) is 14.5. The van der Waals surface area contributed by atoms with E-state index in [0.29, 0.717) is 6.61 Å². The number of esters is 2. The molecule has 24 heavy (non-hydrogen) atoms. The third kappa shape index (κ3) is 4.71. The van der Waals surface area contributed by atoms with Gasteiger partial charge in [0.15, 0.2) is 0 Å². The lowest BCUT2D eigenvalue weighted by Crippen LogP contribution is -2.38. The second kappa shape index (κ2) is 8.84. The molecule has 3 fully saturated rings. The van der Waals surface area contributed by atoms with Gasteiger partial charge in [-0.05, 0) is 51.4 Å². The molecular formula is C19H30O5. The molecule has 3 unspecified atom stereocenters. The first-order valence-electron chi connectivity index (χ1n) is 9.76. The van der Waals surface area contributed by atoms with Crippen molar-refractivity contribution < 1.29 is 23.8 Å². The highest BCUT2D eigenvalue weighted by Crippen LogP contribution is 2.34. The summed E-state index contributed by atoms with van der Waals surface area (Å²) in [6.45, 7) is 0.649. The van der Waals surface area contributed by atoms with Crippen LogP contribution in [0, 0.1) is 11.8 Å². The van der Waals surface area contributed by atoms with Gasteiger partial charge in [-0.1, -0.05) is 19.3 Å². The quantitative estimate of drug-likeness (QED) is 0.731. The zero-order chi connectivity index (χ0) is 16.8.